The molecular formula is C14H20ClN. The largest absolute Gasteiger partial charge is 0.317 e. The smallest absolute Gasteiger partial charge is 0.0440 e. The third-order valence-electron chi connectivity index (χ3n) is 3.67. The zero-order valence-corrected chi connectivity index (χ0v) is 10.8. The normalized spacial score (nSPS) is 24.9. The van der Waals surface area contributed by atoms with Crippen LogP contribution in [0.25, 0.3) is 0 Å². The van der Waals surface area contributed by atoms with Crippen molar-refractivity contribution in [3.63, 3.8) is 0 Å². The molecule has 1 fully saturated rings. The fourth-order valence-corrected chi connectivity index (χ4v) is 2.96. The van der Waals surface area contributed by atoms with E-state index in [1.807, 2.05) is 0 Å². The molecular weight excluding hydrogens is 218 g/mol. The Bertz CT molecular complexity index is 362. The van der Waals surface area contributed by atoms with Crippen LogP contribution in [0.1, 0.15) is 30.4 Å². The molecule has 1 aromatic carbocycles. The first-order chi connectivity index (χ1) is 7.69. The lowest BCUT2D eigenvalue weighted by Crippen LogP contribution is -2.21. The van der Waals surface area contributed by atoms with Crippen molar-refractivity contribution in [2.45, 2.75) is 38.6 Å². The number of nitrogens with one attached hydrogen (secondary N) is 1. The van der Waals surface area contributed by atoms with Gasteiger partial charge in [-0.3, -0.25) is 0 Å². The second-order valence-electron chi connectivity index (χ2n) is 4.96. The molecule has 0 bridgehead atoms. The number of halogens is 1. The van der Waals surface area contributed by atoms with Crippen molar-refractivity contribution >= 4 is 11.6 Å². The molecule has 0 radical (unpaired) electrons. The van der Waals surface area contributed by atoms with E-state index in [9.17, 15) is 0 Å². The van der Waals surface area contributed by atoms with Gasteiger partial charge in [0.1, 0.15) is 0 Å². The lowest BCUT2D eigenvalue weighted by molar-refractivity contribution is 0.510. The summed E-state index contributed by atoms with van der Waals surface area (Å²) < 4.78 is 0. The molecule has 16 heavy (non-hydrogen) atoms. The predicted octanol–water partition coefficient (Wildman–Crippen LogP) is 3.58. The Morgan fingerprint density at radius 2 is 2.19 bits per heavy atom. The molecule has 1 saturated carbocycles. The highest BCUT2D eigenvalue weighted by Crippen LogP contribution is 2.30. The van der Waals surface area contributed by atoms with E-state index < -0.39 is 0 Å². The van der Waals surface area contributed by atoms with Gasteiger partial charge in [-0.2, -0.15) is 0 Å². The van der Waals surface area contributed by atoms with E-state index in [0.717, 1.165) is 17.4 Å². The third kappa shape index (κ3) is 2.78. The van der Waals surface area contributed by atoms with Crippen molar-refractivity contribution in [3.05, 3.63) is 34.3 Å². The molecule has 0 aromatic heterocycles. The SMILES string of the molecule is CNC1CCC(Cc2ccc(C)cc2Cl)C1. The molecule has 2 unspecified atom stereocenters. The molecule has 0 heterocycles. The Morgan fingerprint density at radius 1 is 1.38 bits per heavy atom. The Hall–Kier alpha value is -0.530. The maximum absolute atomic E-state index is 6.26. The fraction of sp³-hybridized carbons (Fsp3) is 0.571. The average Bonchev–Trinajstić information content (AvgIpc) is 2.70. The summed E-state index contributed by atoms with van der Waals surface area (Å²) in [5, 5.41) is 4.31. The van der Waals surface area contributed by atoms with Crippen molar-refractivity contribution in [2.24, 2.45) is 5.92 Å². The summed E-state index contributed by atoms with van der Waals surface area (Å²) in [4.78, 5) is 0. The van der Waals surface area contributed by atoms with E-state index >= 15 is 0 Å². The highest BCUT2D eigenvalue weighted by atomic mass is 35.5. The van der Waals surface area contributed by atoms with Gasteiger partial charge in [-0.15, -0.1) is 0 Å². The van der Waals surface area contributed by atoms with Gasteiger partial charge in [-0.25, -0.2) is 0 Å². The second kappa shape index (κ2) is 5.20. The summed E-state index contributed by atoms with van der Waals surface area (Å²) in [7, 11) is 2.06. The van der Waals surface area contributed by atoms with E-state index in [2.05, 4.69) is 37.5 Å². The van der Waals surface area contributed by atoms with Gasteiger partial charge in [0.05, 0.1) is 0 Å². The molecule has 0 amide bonds. The molecule has 0 aliphatic heterocycles. The maximum Gasteiger partial charge on any atom is 0.0440 e. The van der Waals surface area contributed by atoms with Gasteiger partial charge in [0.2, 0.25) is 0 Å². The molecule has 1 aromatic rings. The molecule has 0 spiro atoms. The van der Waals surface area contributed by atoms with Gasteiger partial charge >= 0.3 is 0 Å². The maximum atomic E-state index is 6.26. The summed E-state index contributed by atoms with van der Waals surface area (Å²) in [5.74, 6) is 0.803. The fourth-order valence-electron chi connectivity index (χ4n) is 2.65. The molecule has 1 aliphatic carbocycles. The summed E-state index contributed by atoms with van der Waals surface area (Å²) in [6.45, 7) is 2.09. The minimum atomic E-state index is 0.717. The first kappa shape index (κ1) is 11.9. The topological polar surface area (TPSA) is 12.0 Å². The third-order valence-corrected chi connectivity index (χ3v) is 4.02. The summed E-state index contributed by atoms with van der Waals surface area (Å²) >= 11 is 6.26. The van der Waals surface area contributed by atoms with E-state index in [-0.39, 0.29) is 0 Å². The number of aryl methyl sites for hydroxylation is 1. The van der Waals surface area contributed by atoms with Gasteiger partial charge in [0.15, 0.2) is 0 Å². The van der Waals surface area contributed by atoms with Crippen molar-refractivity contribution in [2.75, 3.05) is 7.05 Å². The Balaban J connectivity index is 1.99. The standard InChI is InChI=1S/C14H20ClN/c1-10-3-5-12(14(15)7-10)8-11-4-6-13(9-11)16-2/h3,5,7,11,13,16H,4,6,8-9H2,1-2H3. The Kier molecular flexibility index (Phi) is 3.88. The summed E-state index contributed by atoms with van der Waals surface area (Å²) in [6, 6.07) is 7.13. The van der Waals surface area contributed by atoms with Crippen LogP contribution in [0, 0.1) is 12.8 Å². The van der Waals surface area contributed by atoms with Gasteiger partial charge in [0.25, 0.3) is 0 Å². The number of hydrogen-bond donors (Lipinski definition) is 1. The van der Waals surface area contributed by atoms with E-state index in [1.165, 1.54) is 30.4 Å². The number of rotatable bonds is 3. The zero-order chi connectivity index (χ0) is 11.5. The van der Waals surface area contributed by atoms with Crippen LogP contribution in [0.15, 0.2) is 18.2 Å². The van der Waals surface area contributed by atoms with Gasteiger partial charge in [-0.1, -0.05) is 23.7 Å². The van der Waals surface area contributed by atoms with Crippen LogP contribution in [0.4, 0.5) is 0 Å². The van der Waals surface area contributed by atoms with E-state index in [4.69, 9.17) is 11.6 Å². The number of benzene rings is 1. The van der Waals surface area contributed by atoms with Crippen LogP contribution in [0.2, 0.25) is 5.02 Å². The van der Waals surface area contributed by atoms with Crippen LogP contribution in [-0.2, 0) is 6.42 Å². The molecule has 1 nitrogen and oxygen atoms in total. The van der Waals surface area contributed by atoms with Gasteiger partial charge in [-0.05, 0) is 62.8 Å². The van der Waals surface area contributed by atoms with Crippen molar-refractivity contribution in [1.82, 2.24) is 5.32 Å². The summed E-state index contributed by atoms with van der Waals surface area (Å²) in [5.41, 5.74) is 2.56. The minimum absolute atomic E-state index is 0.717. The van der Waals surface area contributed by atoms with Crippen LogP contribution in [-0.4, -0.2) is 13.1 Å². The highest BCUT2D eigenvalue weighted by Gasteiger charge is 2.23. The molecule has 2 atom stereocenters. The van der Waals surface area contributed by atoms with Crippen molar-refractivity contribution in [3.8, 4) is 0 Å². The Labute approximate surface area is 103 Å². The first-order valence-electron chi connectivity index (χ1n) is 6.11. The Morgan fingerprint density at radius 3 is 2.81 bits per heavy atom. The second-order valence-corrected chi connectivity index (χ2v) is 5.37. The highest BCUT2D eigenvalue weighted by molar-refractivity contribution is 6.31. The lowest BCUT2D eigenvalue weighted by Gasteiger charge is -2.12. The predicted molar refractivity (Wildman–Crippen MR) is 70.1 cm³/mol. The molecule has 2 rings (SSSR count). The molecule has 2 heteroatoms. The first-order valence-corrected chi connectivity index (χ1v) is 6.49. The van der Waals surface area contributed by atoms with Crippen LogP contribution in [0.3, 0.4) is 0 Å². The van der Waals surface area contributed by atoms with Gasteiger partial charge < -0.3 is 5.32 Å². The lowest BCUT2D eigenvalue weighted by atomic mass is 9.97. The van der Waals surface area contributed by atoms with Crippen LogP contribution < -0.4 is 5.32 Å². The van der Waals surface area contributed by atoms with E-state index in [1.54, 1.807) is 0 Å². The van der Waals surface area contributed by atoms with Crippen LogP contribution >= 0.6 is 11.6 Å². The molecule has 0 saturated heterocycles. The van der Waals surface area contributed by atoms with Gasteiger partial charge in [0, 0.05) is 11.1 Å². The monoisotopic (exact) mass is 237 g/mol. The zero-order valence-electron chi connectivity index (χ0n) is 10.1. The minimum Gasteiger partial charge on any atom is -0.317 e. The average molecular weight is 238 g/mol. The quantitative estimate of drug-likeness (QED) is 0.848. The summed E-state index contributed by atoms with van der Waals surface area (Å²) in [6.07, 6.45) is 5.07. The van der Waals surface area contributed by atoms with Crippen molar-refractivity contribution < 1.29 is 0 Å². The van der Waals surface area contributed by atoms with Crippen molar-refractivity contribution in [1.29, 1.82) is 0 Å². The number of hydrogen-bond acceptors (Lipinski definition) is 1. The molecule has 88 valence electrons. The molecule has 1 aliphatic rings. The molecule has 1 N–H and O–H groups in total. The van der Waals surface area contributed by atoms with E-state index in [0.29, 0.717) is 6.04 Å². The van der Waals surface area contributed by atoms with Crippen LogP contribution in [0.5, 0.6) is 0 Å².